The van der Waals surface area contributed by atoms with Gasteiger partial charge >= 0.3 is 5.97 Å². The van der Waals surface area contributed by atoms with E-state index in [0.29, 0.717) is 39.7 Å². The van der Waals surface area contributed by atoms with Crippen LogP contribution in [0.1, 0.15) is 23.8 Å². The Morgan fingerprint density at radius 1 is 1.38 bits per heavy atom. The Morgan fingerprint density at radius 3 is 2.75 bits per heavy atom. The van der Waals surface area contributed by atoms with Gasteiger partial charge in [0.2, 0.25) is 0 Å². The summed E-state index contributed by atoms with van der Waals surface area (Å²) in [6.45, 7) is 2.22. The first-order valence-electron chi connectivity index (χ1n) is 10.0. The molecule has 1 aromatic heterocycles. The predicted octanol–water partition coefficient (Wildman–Crippen LogP) is 4.10. The van der Waals surface area contributed by atoms with Crippen molar-refractivity contribution in [1.29, 1.82) is 5.26 Å². The molecule has 2 N–H and O–H groups in total. The molecule has 3 atom stereocenters. The highest BCUT2D eigenvalue weighted by Crippen LogP contribution is 2.40. The summed E-state index contributed by atoms with van der Waals surface area (Å²) in [5.74, 6) is -2.39. The number of halogens is 2. The molecule has 3 unspecified atom stereocenters. The molecule has 2 aliphatic rings. The van der Waals surface area contributed by atoms with E-state index in [1.807, 2.05) is 0 Å². The molecule has 1 aliphatic heterocycles. The van der Waals surface area contributed by atoms with E-state index in [-0.39, 0.29) is 12.5 Å². The maximum Gasteiger partial charge on any atom is 0.312 e. The fourth-order valence-corrected chi connectivity index (χ4v) is 4.79. The van der Waals surface area contributed by atoms with Crippen LogP contribution in [-0.2, 0) is 16.6 Å². The van der Waals surface area contributed by atoms with Gasteiger partial charge in [-0.15, -0.1) is 0 Å². The zero-order chi connectivity index (χ0) is 23.3. The first-order valence-corrected chi connectivity index (χ1v) is 10.8. The highest BCUT2D eigenvalue weighted by Gasteiger charge is 2.45. The second-order valence-corrected chi connectivity index (χ2v) is 9.18. The number of nitrogens with zero attached hydrogens (tertiary/aromatic N) is 2. The number of hydrogen-bond acceptors (Lipinski definition) is 4. The number of aryl methyl sites for hydroxylation is 1. The van der Waals surface area contributed by atoms with E-state index in [1.165, 1.54) is 6.08 Å². The number of benzene rings is 1. The third-order valence-corrected chi connectivity index (χ3v) is 7.17. The van der Waals surface area contributed by atoms with Crippen LogP contribution in [0, 0.1) is 22.7 Å². The predicted molar refractivity (Wildman–Crippen MR) is 121 cm³/mol. The van der Waals surface area contributed by atoms with Gasteiger partial charge in [0.05, 0.1) is 39.6 Å². The second-order valence-electron chi connectivity index (χ2n) is 8.39. The SMILES string of the molecule is Cn1c(C(=O)NC2(C3=CC(C)(C#N)C(C(=O)O)C=C3)CCOC2)cc2c(Cl)c(Cl)ccc21. The van der Waals surface area contributed by atoms with Gasteiger partial charge in [-0.05, 0) is 30.7 Å². The molecule has 1 aliphatic carbocycles. The fourth-order valence-electron chi connectivity index (χ4n) is 4.41. The van der Waals surface area contributed by atoms with Gasteiger partial charge in [0.25, 0.3) is 5.91 Å². The summed E-state index contributed by atoms with van der Waals surface area (Å²) >= 11 is 12.5. The molecule has 2 aromatic rings. The van der Waals surface area contributed by atoms with Gasteiger partial charge in [0.15, 0.2) is 0 Å². The molecule has 0 saturated carbocycles. The zero-order valence-corrected chi connectivity index (χ0v) is 19.0. The lowest BCUT2D eigenvalue weighted by atomic mass is 9.70. The minimum atomic E-state index is -1.25. The van der Waals surface area contributed by atoms with Gasteiger partial charge in [-0.2, -0.15) is 5.26 Å². The van der Waals surface area contributed by atoms with Gasteiger partial charge in [-0.3, -0.25) is 9.59 Å². The number of ether oxygens (including phenoxy) is 1. The molecule has 0 spiro atoms. The monoisotopic (exact) mass is 473 g/mol. The smallest absolute Gasteiger partial charge is 0.312 e. The molecule has 0 radical (unpaired) electrons. The van der Waals surface area contributed by atoms with Crippen LogP contribution in [0.2, 0.25) is 10.0 Å². The Bertz CT molecular complexity index is 1230. The van der Waals surface area contributed by atoms with Crippen molar-refractivity contribution in [2.24, 2.45) is 18.4 Å². The van der Waals surface area contributed by atoms with Crippen LogP contribution >= 0.6 is 23.2 Å². The number of nitriles is 1. The molecule has 166 valence electrons. The zero-order valence-electron chi connectivity index (χ0n) is 17.5. The minimum absolute atomic E-state index is 0.213. The molecule has 2 heterocycles. The van der Waals surface area contributed by atoms with Crippen LogP contribution in [0.15, 0.2) is 42.0 Å². The number of rotatable bonds is 4. The van der Waals surface area contributed by atoms with E-state index in [4.69, 9.17) is 27.9 Å². The summed E-state index contributed by atoms with van der Waals surface area (Å²) in [6.07, 6.45) is 5.31. The summed E-state index contributed by atoms with van der Waals surface area (Å²) in [5.41, 5.74) is -0.320. The quantitative estimate of drug-likeness (QED) is 0.695. The maximum atomic E-state index is 13.4. The van der Waals surface area contributed by atoms with Gasteiger partial charge in [-0.25, -0.2) is 0 Å². The fraction of sp³-hybridized carbons (Fsp3) is 0.348. The average Bonchev–Trinajstić information content (AvgIpc) is 3.36. The first kappa shape index (κ1) is 22.4. The van der Waals surface area contributed by atoms with E-state index in [1.54, 1.807) is 48.9 Å². The Balaban J connectivity index is 1.72. The number of fused-ring (bicyclic) bond motifs is 1. The Hall–Kier alpha value is -2.79. The third-order valence-electron chi connectivity index (χ3n) is 6.35. The lowest BCUT2D eigenvalue weighted by Gasteiger charge is -2.36. The number of hydrogen-bond donors (Lipinski definition) is 2. The van der Waals surface area contributed by atoms with Gasteiger partial charge in [0.1, 0.15) is 5.69 Å². The molecular formula is C23H21Cl2N3O4. The number of carbonyl (C=O) groups is 2. The van der Waals surface area contributed by atoms with Gasteiger partial charge in [0, 0.05) is 31.0 Å². The highest BCUT2D eigenvalue weighted by molar-refractivity contribution is 6.45. The van der Waals surface area contributed by atoms with Crippen molar-refractivity contribution in [3.8, 4) is 6.07 Å². The number of allylic oxidation sites excluding steroid dienone is 1. The number of carbonyl (C=O) groups excluding carboxylic acids is 1. The lowest BCUT2D eigenvalue weighted by Crippen LogP contribution is -2.51. The molecule has 32 heavy (non-hydrogen) atoms. The van der Waals surface area contributed by atoms with Crippen LogP contribution in [0.3, 0.4) is 0 Å². The van der Waals surface area contributed by atoms with Crippen molar-refractivity contribution in [2.45, 2.75) is 18.9 Å². The van der Waals surface area contributed by atoms with E-state index in [9.17, 15) is 20.0 Å². The van der Waals surface area contributed by atoms with E-state index in [0.717, 1.165) is 5.52 Å². The molecule has 7 nitrogen and oxygen atoms in total. The number of aromatic nitrogens is 1. The van der Waals surface area contributed by atoms with E-state index >= 15 is 0 Å². The molecular weight excluding hydrogens is 453 g/mol. The molecule has 9 heteroatoms. The minimum Gasteiger partial charge on any atom is -0.481 e. The highest BCUT2D eigenvalue weighted by atomic mass is 35.5. The summed E-state index contributed by atoms with van der Waals surface area (Å²) in [7, 11) is 1.77. The van der Waals surface area contributed by atoms with Crippen molar-refractivity contribution in [3.05, 3.63) is 57.7 Å². The molecule has 1 aromatic carbocycles. The number of carboxylic acid groups (broad SMARTS) is 1. The number of carboxylic acids is 1. The standard InChI is InChI=1S/C23H21Cl2N3O4/c1-22(11-26)10-13(3-4-15(22)21(30)31)23(7-8-32-12-23)27-20(29)18-9-14-17(28(18)2)6-5-16(24)19(14)25/h3-6,9-10,15H,7-8,12H2,1-2H3,(H,27,29)(H,30,31). The van der Waals surface area contributed by atoms with Gasteiger partial charge < -0.3 is 19.7 Å². The van der Waals surface area contributed by atoms with Crippen LogP contribution in [0.25, 0.3) is 10.9 Å². The molecule has 1 amide bonds. The van der Waals surface area contributed by atoms with E-state index in [2.05, 4.69) is 11.4 Å². The summed E-state index contributed by atoms with van der Waals surface area (Å²) in [5, 5.41) is 23.7. The Kier molecular flexibility index (Phi) is 5.58. The number of amides is 1. The Morgan fingerprint density at radius 2 is 2.12 bits per heavy atom. The average molecular weight is 474 g/mol. The summed E-state index contributed by atoms with van der Waals surface area (Å²) in [6, 6.07) is 7.28. The largest absolute Gasteiger partial charge is 0.481 e. The van der Waals surface area contributed by atoms with Crippen LogP contribution in [-0.4, -0.2) is 40.3 Å². The van der Waals surface area contributed by atoms with Crippen molar-refractivity contribution in [2.75, 3.05) is 13.2 Å². The Labute approximate surface area is 194 Å². The third kappa shape index (κ3) is 3.49. The van der Waals surface area contributed by atoms with Crippen molar-refractivity contribution in [3.63, 3.8) is 0 Å². The van der Waals surface area contributed by atoms with Crippen molar-refractivity contribution in [1.82, 2.24) is 9.88 Å². The van der Waals surface area contributed by atoms with Crippen molar-refractivity contribution >= 4 is 46.0 Å². The first-order chi connectivity index (χ1) is 15.1. The lowest BCUT2D eigenvalue weighted by molar-refractivity contribution is -0.142. The molecule has 1 saturated heterocycles. The van der Waals surface area contributed by atoms with Crippen LogP contribution < -0.4 is 5.32 Å². The number of aliphatic carboxylic acids is 1. The summed E-state index contributed by atoms with van der Waals surface area (Å²) < 4.78 is 7.35. The van der Waals surface area contributed by atoms with Crippen LogP contribution in [0.5, 0.6) is 0 Å². The van der Waals surface area contributed by atoms with Crippen molar-refractivity contribution < 1.29 is 19.4 Å². The summed E-state index contributed by atoms with van der Waals surface area (Å²) in [4.78, 5) is 25.0. The molecule has 4 rings (SSSR count). The topological polar surface area (TPSA) is 104 Å². The second kappa shape index (κ2) is 7.96. The maximum absolute atomic E-state index is 13.4. The van der Waals surface area contributed by atoms with Gasteiger partial charge in [-0.1, -0.05) is 41.4 Å². The molecule has 1 fully saturated rings. The van der Waals surface area contributed by atoms with Crippen LogP contribution in [0.4, 0.5) is 0 Å². The number of nitrogens with one attached hydrogen (secondary N) is 1. The molecule has 0 bridgehead atoms. The van der Waals surface area contributed by atoms with E-state index < -0.39 is 22.8 Å². The normalized spacial score (nSPS) is 27.2.